The maximum absolute atomic E-state index is 10.3. The molecule has 0 heterocycles. The minimum atomic E-state index is -2.74. The molecule has 0 aromatic carbocycles. The number of rotatable bonds is 5. The standard InChI is InChI=1S/C6H8O7.K.Zr.H/c7-3(8)1-6(13,5(11)12)2-4(9)10;;;/h13H,1-2H2,(H,7,8)(H,9,10)(H,11,12);;;/q;+1;;-1. The van der Waals surface area contributed by atoms with Crippen LogP contribution in [0.15, 0.2) is 0 Å². The molecule has 0 radical (unpaired) electrons. The Morgan fingerprint density at radius 1 is 1.00 bits per heavy atom. The Kier molecular flexibility index (Phi) is 12.7. The molecule has 0 aromatic heterocycles. The first kappa shape index (κ1) is 21.2. The molecule has 0 aliphatic rings. The smallest absolute Gasteiger partial charge is 1.00 e. The normalized spacial score (nSPS) is 9.40. The van der Waals surface area contributed by atoms with Crippen LogP contribution in [-0.2, 0) is 40.6 Å². The molecule has 80 valence electrons. The van der Waals surface area contributed by atoms with E-state index in [2.05, 4.69) is 0 Å². The molecule has 0 saturated heterocycles. The zero-order chi connectivity index (χ0) is 10.6. The Hall–Kier alpha value is 0.889. The SMILES string of the molecule is O=C(O)CC(O)(CC(=O)O)C(=O)O.[H-].[K+].[Zr]. The van der Waals surface area contributed by atoms with Crippen molar-refractivity contribution in [3.8, 4) is 0 Å². The molecule has 0 atom stereocenters. The molecule has 0 saturated carbocycles. The van der Waals surface area contributed by atoms with Crippen molar-refractivity contribution in [1.29, 1.82) is 0 Å². The van der Waals surface area contributed by atoms with Gasteiger partial charge in [-0.25, -0.2) is 4.79 Å². The summed E-state index contributed by atoms with van der Waals surface area (Å²) < 4.78 is 0. The molecule has 0 spiro atoms. The van der Waals surface area contributed by atoms with Crippen LogP contribution in [0, 0.1) is 0 Å². The maximum Gasteiger partial charge on any atom is 1.00 e. The summed E-state index contributed by atoms with van der Waals surface area (Å²) >= 11 is 0. The van der Waals surface area contributed by atoms with Gasteiger partial charge in [0.1, 0.15) is 0 Å². The molecular formula is C6H9KO7Zr. The fourth-order valence-corrected chi connectivity index (χ4v) is 0.714. The second kappa shape index (κ2) is 8.98. The first-order valence-corrected chi connectivity index (χ1v) is 3.17. The van der Waals surface area contributed by atoms with E-state index in [9.17, 15) is 14.4 Å². The molecule has 4 N–H and O–H groups in total. The van der Waals surface area contributed by atoms with Gasteiger partial charge in [0.05, 0.1) is 12.8 Å². The minimum Gasteiger partial charge on any atom is -1.00 e. The number of hydrogen-bond acceptors (Lipinski definition) is 4. The molecule has 9 heteroatoms. The molecule has 0 aliphatic heterocycles. The summed E-state index contributed by atoms with van der Waals surface area (Å²) in [6.07, 6.45) is -2.29. The summed E-state index contributed by atoms with van der Waals surface area (Å²) in [5.41, 5.74) is -2.74. The fourth-order valence-electron chi connectivity index (χ4n) is 0.714. The van der Waals surface area contributed by atoms with Crippen LogP contribution >= 0.6 is 0 Å². The molecule has 0 unspecified atom stereocenters. The van der Waals surface area contributed by atoms with Gasteiger partial charge in [0.15, 0.2) is 5.60 Å². The van der Waals surface area contributed by atoms with E-state index in [1.807, 2.05) is 0 Å². The predicted molar refractivity (Wildman–Crippen MR) is 38.2 cm³/mol. The molecule has 0 amide bonds. The van der Waals surface area contributed by atoms with Crippen LogP contribution in [0.5, 0.6) is 0 Å². The molecule has 7 nitrogen and oxygen atoms in total. The summed E-state index contributed by atoms with van der Waals surface area (Å²) in [6, 6.07) is 0. The molecular weight excluding hydrogens is 314 g/mol. The summed E-state index contributed by atoms with van der Waals surface area (Å²) in [7, 11) is 0. The Labute approximate surface area is 148 Å². The van der Waals surface area contributed by atoms with E-state index in [1.54, 1.807) is 0 Å². The average Bonchev–Trinajstić information content (AvgIpc) is 1.82. The van der Waals surface area contributed by atoms with E-state index >= 15 is 0 Å². The van der Waals surface area contributed by atoms with Gasteiger partial charge in [0, 0.05) is 26.2 Å². The number of carboxylic acid groups (broad SMARTS) is 3. The van der Waals surface area contributed by atoms with Crippen LogP contribution in [0.25, 0.3) is 0 Å². The van der Waals surface area contributed by atoms with Crippen molar-refractivity contribution in [2.45, 2.75) is 18.4 Å². The van der Waals surface area contributed by atoms with Gasteiger partial charge in [0.25, 0.3) is 0 Å². The largest absolute Gasteiger partial charge is 1.00 e. The van der Waals surface area contributed by atoms with Gasteiger partial charge in [-0.2, -0.15) is 0 Å². The zero-order valence-electron chi connectivity index (χ0n) is 8.93. The molecule has 0 rings (SSSR count). The third kappa shape index (κ3) is 8.67. The van der Waals surface area contributed by atoms with Crippen LogP contribution < -0.4 is 51.4 Å². The molecule has 0 fully saturated rings. The second-order valence-electron chi connectivity index (χ2n) is 2.48. The van der Waals surface area contributed by atoms with Gasteiger partial charge in [0.2, 0.25) is 0 Å². The van der Waals surface area contributed by atoms with Crippen molar-refractivity contribution in [2.75, 3.05) is 0 Å². The van der Waals surface area contributed by atoms with E-state index in [0.29, 0.717) is 0 Å². The van der Waals surface area contributed by atoms with E-state index < -0.39 is 36.4 Å². The quantitative estimate of drug-likeness (QED) is 0.378. The Morgan fingerprint density at radius 3 is 1.40 bits per heavy atom. The zero-order valence-corrected chi connectivity index (χ0v) is 13.5. The van der Waals surface area contributed by atoms with Crippen molar-refractivity contribution in [3.05, 3.63) is 0 Å². The Balaban J connectivity index is -0.000000240. The molecule has 15 heavy (non-hydrogen) atoms. The van der Waals surface area contributed by atoms with Gasteiger partial charge in [-0.15, -0.1) is 0 Å². The first-order valence-electron chi connectivity index (χ1n) is 3.17. The Morgan fingerprint density at radius 2 is 1.27 bits per heavy atom. The topological polar surface area (TPSA) is 132 Å². The monoisotopic (exact) mass is 322 g/mol. The summed E-state index contributed by atoms with van der Waals surface area (Å²) in [6.45, 7) is 0. The Bertz CT molecular complexity index is 243. The maximum atomic E-state index is 10.3. The second-order valence-corrected chi connectivity index (χ2v) is 2.48. The molecule has 0 aromatic rings. The van der Waals surface area contributed by atoms with Gasteiger partial charge in [-0.05, 0) is 0 Å². The van der Waals surface area contributed by atoms with E-state index in [1.165, 1.54) is 0 Å². The average molecular weight is 323 g/mol. The van der Waals surface area contributed by atoms with Gasteiger partial charge < -0.3 is 21.9 Å². The third-order valence-electron chi connectivity index (χ3n) is 1.29. The number of aliphatic hydroxyl groups is 1. The van der Waals surface area contributed by atoms with Gasteiger partial charge in [-0.1, -0.05) is 0 Å². The summed E-state index contributed by atoms with van der Waals surface area (Å²) in [5.74, 6) is -5.02. The van der Waals surface area contributed by atoms with Gasteiger partial charge >= 0.3 is 69.3 Å². The number of aliphatic carboxylic acids is 3. The van der Waals surface area contributed by atoms with E-state index in [-0.39, 0.29) is 79.0 Å². The first-order chi connectivity index (χ1) is 5.78. The predicted octanol–water partition coefficient (Wildman–Crippen LogP) is -4.13. The number of carbonyl (C=O) groups is 3. The van der Waals surface area contributed by atoms with Crippen LogP contribution in [0.2, 0.25) is 0 Å². The minimum absolute atomic E-state index is 0. The van der Waals surface area contributed by atoms with Crippen molar-refractivity contribution in [2.24, 2.45) is 0 Å². The van der Waals surface area contributed by atoms with Crippen molar-refractivity contribution in [1.82, 2.24) is 0 Å². The van der Waals surface area contributed by atoms with Crippen LogP contribution in [0.1, 0.15) is 14.3 Å². The van der Waals surface area contributed by atoms with Crippen molar-refractivity contribution >= 4 is 17.9 Å². The van der Waals surface area contributed by atoms with Crippen LogP contribution in [0.3, 0.4) is 0 Å². The van der Waals surface area contributed by atoms with Crippen LogP contribution in [-0.4, -0.2) is 43.9 Å². The third-order valence-corrected chi connectivity index (χ3v) is 1.29. The van der Waals surface area contributed by atoms with E-state index in [4.69, 9.17) is 20.4 Å². The molecule has 0 aliphatic carbocycles. The summed E-state index contributed by atoms with van der Waals surface area (Å²) in [4.78, 5) is 30.5. The van der Waals surface area contributed by atoms with Crippen LogP contribution in [0.4, 0.5) is 0 Å². The van der Waals surface area contributed by atoms with Gasteiger partial charge in [-0.3, -0.25) is 9.59 Å². The molecule has 0 bridgehead atoms. The summed E-state index contributed by atoms with van der Waals surface area (Å²) in [5, 5.41) is 33.8. The number of hydrogen-bond donors (Lipinski definition) is 4. The van der Waals surface area contributed by atoms with Crippen molar-refractivity contribution in [3.63, 3.8) is 0 Å². The number of carboxylic acids is 3. The van der Waals surface area contributed by atoms with Crippen molar-refractivity contribution < 1.29 is 114 Å². The van der Waals surface area contributed by atoms with E-state index in [0.717, 1.165) is 0 Å². The fraction of sp³-hybridized carbons (Fsp3) is 0.500.